The largest absolute Gasteiger partial charge is 0.309 e. The van der Waals surface area contributed by atoms with E-state index in [-0.39, 0.29) is 5.91 Å². The third-order valence-corrected chi connectivity index (χ3v) is 1.72. The van der Waals surface area contributed by atoms with Crippen LogP contribution in [0.5, 0.6) is 0 Å². The second-order valence-corrected chi connectivity index (χ2v) is 2.29. The first kappa shape index (κ1) is 4.79. The second-order valence-electron chi connectivity index (χ2n) is 2.29. The van der Waals surface area contributed by atoms with E-state index in [0.717, 1.165) is 6.42 Å². The summed E-state index contributed by atoms with van der Waals surface area (Å²) in [5.41, 5.74) is 0. The van der Waals surface area contributed by atoms with E-state index < -0.39 is 0 Å². The van der Waals surface area contributed by atoms with Crippen molar-refractivity contribution in [2.75, 3.05) is 0 Å². The van der Waals surface area contributed by atoms with Gasteiger partial charge in [-0.1, -0.05) is 12.2 Å². The summed E-state index contributed by atoms with van der Waals surface area (Å²) < 4.78 is 0. The molecule has 1 unspecified atom stereocenters. The maximum atomic E-state index is 10.8. The molecule has 0 aromatic heterocycles. The van der Waals surface area contributed by atoms with Gasteiger partial charge in [-0.05, 0) is 6.42 Å². The highest BCUT2D eigenvalue weighted by atomic mass is 16.2. The molecule has 0 aromatic carbocycles. The van der Waals surface area contributed by atoms with Gasteiger partial charge >= 0.3 is 0 Å². The van der Waals surface area contributed by atoms with Crippen molar-refractivity contribution < 1.29 is 4.79 Å². The van der Waals surface area contributed by atoms with Crippen molar-refractivity contribution in [2.24, 2.45) is 0 Å². The topological polar surface area (TPSA) is 20.3 Å². The normalized spacial score (nSPS) is 30.0. The van der Waals surface area contributed by atoms with Gasteiger partial charge in [-0.3, -0.25) is 4.79 Å². The summed E-state index contributed by atoms with van der Waals surface area (Å²) in [6.07, 6.45) is 8.44. The maximum Gasteiger partial charge on any atom is 0.250 e. The average molecular weight is 121 g/mol. The molecule has 0 saturated heterocycles. The van der Waals surface area contributed by atoms with Gasteiger partial charge in [0.05, 0.1) is 6.04 Å². The third kappa shape index (κ3) is 0.529. The molecule has 46 valence electrons. The molecule has 2 heterocycles. The summed E-state index contributed by atoms with van der Waals surface area (Å²) in [5, 5.41) is 0. The molecule has 0 radical (unpaired) electrons. The highest BCUT2D eigenvalue weighted by Crippen LogP contribution is 2.20. The first-order valence-electron chi connectivity index (χ1n) is 3.05. The lowest BCUT2D eigenvalue weighted by molar-refractivity contribution is -0.123. The summed E-state index contributed by atoms with van der Waals surface area (Å²) in [6, 6.07) is 0.345. The molecule has 0 N–H and O–H groups in total. The van der Waals surface area contributed by atoms with E-state index in [2.05, 4.69) is 0 Å². The number of nitrogens with zero attached hydrogens (tertiary/aromatic N) is 1. The molecule has 1 atom stereocenters. The van der Waals surface area contributed by atoms with Gasteiger partial charge in [-0.15, -0.1) is 0 Å². The Hall–Kier alpha value is -1.05. The number of carbonyl (C=O) groups excluding carboxylic acids is 1. The van der Waals surface area contributed by atoms with Crippen LogP contribution in [0, 0.1) is 0 Å². The molecule has 0 fully saturated rings. The molecule has 2 aliphatic heterocycles. The van der Waals surface area contributed by atoms with Crippen LogP contribution in [0.25, 0.3) is 0 Å². The molecule has 9 heavy (non-hydrogen) atoms. The fraction of sp³-hybridized carbons (Fsp3) is 0.286. The molecule has 0 spiro atoms. The summed E-state index contributed by atoms with van der Waals surface area (Å²) in [4.78, 5) is 12.6. The Morgan fingerprint density at radius 1 is 1.67 bits per heavy atom. The lowest BCUT2D eigenvalue weighted by Crippen LogP contribution is -2.23. The quantitative estimate of drug-likeness (QED) is 0.461. The van der Waals surface area contributed by atoms with Crippen LogP contribution in [-0.2, 0) is 4.79 Å². The highest BCUT2D eigenvalue weighted by molar-refractivity contribution is 5.91. The zero-order chi connectivity index (χ0) is 6.27. The molecule has 0 saturated carbocycles. The highest BCUT2D eigenvalue weighted by Gasteiger charge is 2.25. The monoisotopic (exact) mass is 121 g/mol. The van der Waals surface area contributed by atoms with Crippen LogP contribution in [0.3, 0.4) is 0 Å². The first-order chi connectivity index (χ1) is 4.38. The van der Waals surface area contributed by atoms with E-state index in [1.165, 1.54) is 0 Å². The van der Waals surface area contributed by atoms with E-state index in [0.29, 0.717) is 6.04 Å². The molecule has 2 nitrogen and oxygen atoms in total. The van der Waals surface area contributed by atoms with Crippen LogP contribution >= 0.6 is 0 Å². The van der Waals surface area contributed by atoms with Crippen molar-refractivity contribution in [1.82, 2.24) is 4.90 Å². The molecule has 1 amide bonds. The van der Waals surface area contributed by atoms with Gasteiger partial charge in [0.2, 0.25) is 0 Å². The van der Waals surface area contributed by atoms with Gasteiger partial charge in [0.15, 0.2) is 0 Å². The van der Waals surface area contributed by atoms with E-state index in [4.69, 9.17) is 0 Å². The van der Waals surface area contributed by atoms with E-state index >= 15 is 0 Å². The molecule has 0 bridgehead atoms. The van der Waals surface area contributed by atoms with Gasteiger partial charge in [0, 0.05) is 12.3 Å². The zero-order valence-corrected chi connectivity index (χ0v) is 4.95. The Bertz CT molecular complexity index is 205. The summed E-state index contributed by atoms with van der Waals surface area (Å²) in [5.74, 6) is 0.119. The van der Waals surface area contributed by atoms with Crippen LogP contribution < -0.4 is 0 Å². The Labute approximate surface area is 53.5 Å². The fourth-order valence-corrected chi connectivity index (χ4v) is 1.23. The number of rotatable bonds is 0. The standard InChI is InChI=1S/C7H7NO/c9-7-4-3-6-2-1-5-8(6)7/h1,3-6H,2H2. The van der Waals surface area contributed by atoms with Crippen LogP contribution in [0.2, 0.25) is 0 Å². The minimum absolute atomic E-state index is 0.119. The number of carbonyl (C=O) groups is 1. The number of hydrogen-bond acceptors (Lipinski definition) is 1. The average Bonchev–Trinajstić information content (AvgIpc) is 2.35. The Morgan fingerprint density at radius 3 is 3.33 bits per heavy atom. The lowest BCUT2D eigenvalue weighted by Gasteiger charge is -2.11. The molecule has 2 rings (SSSR count). The van der Waals surface area contributed by atoms with Crippen molar-refractivity contribution in [3.05, 3.63) is 24.4 Å². The van der Waals surface area contributed by atoms with E-state index in [1.54, 1.807) is 11.0 Å². The lowest BCUT2D eigenvalue weighted by atomic mass is 10.2. The molecule has 2 heteroatoms. The van der Waals surface area contributed by atoms with E-state index in [1.807, 2.05) is 18.4 Å². The van der Waals surface area contributed by atoms with Gasteiger partial charge in [-0.25, -0.2) is 0 Å². The smallest absolute Gasteiger partial charge is 0.250 e. The van der Waals surface area contributed by atoms with Crippen LogP contribution in [-0.4, -0.2) is 16.8 Å². The first-order valence-corrected chi connectivity index (χ1v) is 3.05. The van der Waals surface area contributed by atoms with Crippen molar-refractivity contribution in [3.63, 3.8) is 0 Å². The SMILES string of the molecule is O=C1C=CC2CC=CN12. The number of amides is 1. The fourth-order valence-electron chi connectivity index (χ4n) is 1.23. The van der Waals surface area contributed by atoms with Gasteiger partial charge in [-0.2, -0.15) is 0 Å². The van der Waals surface area contributed by atoms with E-state index in [9.17, 15) is 4.79 Å². The minimum atomic E-state index is 0.119. The number of hydrogen-bond donors (Lipinski definition) is 0. The van der Waals surface area contributed by atoms with Gasteiger partial charge < -0.3 is 4.90 Å². The van der Waals surface area contributed by atoms with Gasteiger partial charge in [0.25, 0.3) is 5.91 Å². The number of fused-ring (bicyclic) bond motifs is 1. The molecule has 0 aliphatic carbocycles. The minimum Gasteiger partial charge on any atom is -0.309 e. The summed E-state index contributed by atoms with van der Waals surface area (Å²) in [6.45, 7) is 0. The molecular formula is C7H7NO. The van der Waals surface area contributed by atoms with Crippen molar-refractivity contribution >= 4 is 5.91 Å². The summed E-state index contributed by atoms with van der Waals surface area (Å²) in [7, 11) is 0. The predicted octanol–water partition coefficient (Wildman–Crippen LogP) is 0.671. The second kappa shape index (κ2) is 1.47. The van der Waals surface area contributed by atoms with Crippen LogP contribution in [0.15, 0.2) is 24.4 Å². The third-order valence-electron chi connectivity index (χ3n) is 1.72. The maximum absolute atomic E-state index is 10.8. The Morgan fingerprint density at radius 2 is 2.56 bits per heavy atom. The Balaban J connectivity index is 2.31. The zero-order valence-electron chi connectivity index (χ0n) is 4.95. The van der Waals surface area contributed by atoms with Crippen molar-refractivity contribution in [2.45, 2.75) is 12.5 Å². The van der Waals surface area contributed by atoms with Crippen molar-refractivity contribution in [1.29, 1.82) is 0 Å². The summed E-state index contributed by atoms with van der Waals surface area (Å²) >= 11 is 0. The van der Waals surface area contributed by atoms with Crippen LogP contribution in [0.1, 0.15) is 6.42 Å². The Kier molecular flexibility index (Phi) is 0.781. The van der Waals surface area contributed by atoms with Crippen molar-refractivity contribution in [3.8, 4) is 0 Å². The molecule has 0 aromatic rings. The van der Waals surface area contributed by atoms with Gasteiger partial charge in [0.1, 0.15) is 0 Å². The molecular weight excluding hydrogens is 114 g/mol. The predicted molar refractivity (Wildman–Crippen MR) is 33.5 cm³/mol. The van der Waals surface area contributed by atoms with Crippen LogP contribution in [0.4, 0.5) is 0 Å². The molecule has 2 aliphatic rings.